The van der Waals surface area contributed by atoms with E-state index in [1.54, 1.807) is 0 Å². The standard InChI is InChI=1S/C9H8F2O/c1-3-12-7-5-4-6(2)8(10)9(7)11/h3-5H,1H2,2H3. The smallest absolute Gasteiger partial charge is 0.201 e. The van der Waals surface area contributed by atoms with E-state index in [9.17, 15) is 8.78 Å². The Morgan fingerprint density at radius 2 is 2.00 bits per heavy atom. The topological polar surface area (TPSA) is 9.23 Å². The molecular weight excluding hydrogens is 162 g/mol. The minimum Gasteiger partial charge on any atom is -0.462 e. The number of benzene rings is 1. The van der Waals surface area contributed by atoms with Crippen LogP contribution in [0.25, 0.3) is 0 Å². The molecule has 0 unspecified atom stereocenters. The molecule has 1 aromatic rings. The summed E-state index contributed by atoms with van der Waals surface area (Å²) in [6.45, 7) is 4.72. The van der Waals surface area contributed by atoms with Gasteiger partial charge in [-0.25, -0.2) is 4.39 Å². The van der Waals surface area contributed by atoms with Gasteiger partial charge in [0, 0.05) is 0 Å². The maximum atomic E-state index is 12.9. The first-order valence-electron chi connectivity index (χ1n) is 3.39. The molecular formula is C9H8F2O. The fraction of sp³-hybridized carbons (Fsp3) is 0.111. The molecule has 0 saturated carbocycles. The average Bonchev–Trinajstić information content (AvgIpc) is 2.07. The molecule has 0 bridgehead atoms. The summed E-state index contributed by atoms with van der Waals surface area (Å²) in [6.07, 6.45) is 1.05. The van der Waals surface area contributed by atoms with Gasteiger partial charge in [-0.15, -0.1) is 0 Å². The Labute approximate surface area is 69.3 Å². The van der Waals surface area contributed by atoms with Crippen molar-refractivity contribution in [3.63, 3.8) is 0 Å². The molecule has 0 atom stereocenters. The first-order chi connectivity index (χ1) is 5.66. The molecule has 1 nitrogen and oxygen atoms in total. The van der Waals surface area contributed by atoms with E-state index in [2.05, 4.69) is 11.3 Å². The number of hydrogen-bond donors (Lipinski definition) is 0. The molecule has 0 aliphatic rings. The molecule has 1 rings (SSSR count). The zero-order valence-corrected chi connectivity index (χ0v) is 6.60. The molecule has 0 radical (unpaired) electrons. The summed E-state index contributed by atoms with van der Waals surface area (Å²) in [4.78, 5) is 0. The minimum absolute atomic E-state index is 0.145. The van der Waals surface area contributed by atoms with Gasteiger partial charge in [0.15, 0.2) is 11.6 Å². The molecule has 0 amide bonds. The van der Waals surface area contributed by atoms with Crippen LogP contribution in [-0.4, -0.2) is 0 Å². The molecule has 64 valence electrons. The van der Waals surface area contributed by atoms with Gasteiger partial charge < -0.3 is 4.74 Å². The molecule has 1 aromatic carbocycles. The number of rotatable bonds is 2. The van der Waals surface area contributed by atoms with E-state index in [0.29, 0.717) is 0 Å². The second-order valence-electron chi connectivity index (χ2n) is 2.29. The number of hydrogen-bond acceptors (Lipinski definition) is 1. The van der Waals surface area contributed by atoms with Crippen LogP contribution in [0, 0.1) is 18.6 Å². The molecule has 0 aliphatic carbocycles. The molecule has 0 spiro atoms. The van der Waals surface area contributed by atoms with Crippen LogP contribution in [-0.2, 0) is 0 Å². The summed E-state index contributed by atoms with van der Waals surface area (Å²) >= 11 is 0. The molecule has 0 N–H and O–H groups in total. The Hall–Kier alpha value is -1.38. The zero-order valence-electron chi connectivity index (χ0n) is 6.60. The van der Waals surface area contributed by atoms with Gasteiger partial charge >= 0.3 is 0 Å². The second-order valence-corrected chi connectivity index (χ2v) is 2.29. The summed E-state index contributed by atoms with van der Waals surface area (Å²) in [7, 11) is 0. The van der Waals surface area contributed by atoms with E-state index in [1.165, 1.54) is 19.1 Å². The van der Waals surface area contributed by atoms with Gasteiger partial charge in [-0.05, 0) is 18.6 Å². The molecule has 12 heavy (non-hydrogen) atoms. The predicted octanol–water partition coefficient (Wildman–Crippen LogP) is 2.80. The van der Waals surface area contributed by atoms with Crippen LogP contribution in [0.15, 0.2) is 25.0 Å². The van der Waals surface area contributed by atoms with Gasteiger partial charge in [-0.3, -0.25) is 0 Å². The van der Waals surface area contributed by atoms with Gasteiger partial charge in [0.25, 0.3) is 0 Å². The maximum absolute atomic E-state index is 12.9. The SMILES string of the molecule is C=COc1ccc(C)c(F)c1F. The lowest BCUT2D eigenvalue weighted by Gasteiger charge is -2.03. The van der Waals surface area contributed by atoms with Crippen LogP contribution >= 0.6 is 0 Å². The molecule has 0 aromatic heterocycles. The largest absolute Gasteiger partial charge is 0.462 e. The van der Waals surface area contributed by atoms with E-state index in [4.69, 9.17) is 0 Å². The van der Waals surface area contributed by atoms with Crippen LogP contribution in [0.4, 0.5) is 8.78 Å². The first kappa shape index (κ1) is 8.71. The highest BCUT2D eigenvalue weighted by Crippen LogP contribution is 2.21. The lowest BCUT2D eigenvalue weighted by molar-refractivity contribution is 0.414. The zero-order chi connectivity index (χ0) is 9.14. The molecule has 0 heterocycles. The number of halogens is 2. The molecule has 0 aliphatic heterocycles. The Balaban J connectivity index is 3.16. The molecule has 0 fully saturated rings. The van der Waals surface area contributed by atoms with Crippen molar-refractivity contribution < 1.29 is 13.5 Å². The Morgan fingerprint density at radius 3 is 2.58 bits per heavy atom. The Bertz CT molecular complexity index is 308. The summed E-state index contributed by atoms with van der Waals surface area (Å²) in [5, 5.41) is 0. The lowest BCUT2D eigenvalue weighted by Crippen LogP contribution is -1.93. The van der Waals surface area contributed by atoms with E-state index >= 15 is 0 Å². The molecule has 0 saturated heterocycles. The van der Waals surface area contributed by atoms with Crippen molar-refractivity contribution in [1.82, 2.24) is 0 Å². The van der Waals surface area contributed by atoms with Crippen LogP contribution in [0.5, 0.6) is 5.75 Å². The van der Waals surface area contributed by atoms with Crippen LogP contribution in [0.3, 0.4) is 0 Å². The minimum atomic E-state index is -0.977. The number of ether oxygens (including phenoxy) is 1. The average molecular weight is 170 g/mol. The fourth-order valence-electron chi connectivity index (χ4n) is 0.809. The van der Waals surface area contributed by atoms with Gasteiger partial charge in [-0.1, -0.05) is 12.6 Å². The van der Waals surface area contributed by atoms with Crippen molar-refractivity contribution in [2.45, 2.75) is 6.92 Å². The quantitative estimate of drug-likeness (QED) is 0.620. The highest BCUT2D eigenvalue weighted by atomic mass is 19.2. The number of aryl methyl sites for hydroxylation is 1. The van der Waals surface area contributed by atoms with Crippen molar-refractivity contribution in [2.24, 2.45) is 0 Å². The van der Waals surface area contributed by atoms with Crippen LogP contribution in [0.2, 0.25) is 0 Å². The van der Waals surface area contributed by atoms with E-state index in [1.807, 2.05) is 0 Å². The summed E-state index contributed by atoms with van der Waals surface area (Å²) in [6, 6.07) is 2.80. The monoisotopic (exact) mass is 170 g/mol. The van der Waals surface area contributed by atoms with Crippen molar-refractivity contribution in [2.75, 3.05) is 0 Å². The molecule has 3 heteroatoms. The van der Waals surface area contributed by atoms with Crippen LogP contribution in [0.1, 0.15) is 5.56 Å². The van der Waals surface area contributed by atoms with Crippen LogP contribution < -0.4 is 4.74 Å². The van der Waals surface area contributed by atoms with Gasteiger partial charge in [0.2, 0.25) is 5.82 Å². The van der Waals surface area contributed by atoms with Gasteiger partial charge in [0.05, 0.1) is 6.26 Å². The van der Waals surface area contributed by atoms with Crippen molar-refractivity contribution in [1.29, 1.82) is 0 Å². The fourth-order valence-corrected chi connectivity index (χ4v) is 0.809. The third-order valence-corrected chi connectivity index (χ3v) is 1.45. The van der Waals surface area contributed by atoms with E-state index < -0.39 is 11.6 Å². The third-order valence-electron chi connectivity index (χ3n) is 1.45. The highest BCUT2D eigenvalue weighted by molar-refractivity contribution is 5.30. The summed E-state index contributed by atoms with van der Waals surface area (Å²) < 4.78 is 30.3. The lowest BCUT2D eigenvalue weighted by atomic mass is 10.2. The van der Waals surface area contributed by atoms with Gasteiger partial charge in [-0.2, -0.15) is 4.39 Å². The van der Waals surface area contributed by atoms with Gasteiger partial charge in [0.1, 0.15) is 0 Å². The Morgan fingerprint density at radius 1 is 1.33 bits per heavy atom. The predicted molar refractivity (Wildman–Crippen MR) is 41.9 cm³/mol. The second kappa shape index (κ2) is 3.34. The normalized spacial score (nSPS) is 9.58. The summed E-state index contributed by atoms with van der Waals surface area (Å²) in [5.41, 5.74) is 0.254. The summed E-state index contributed by atoms with van der Waals surface area (Å²) in [5.74, 6) is -2.00. The van der Waals surface area contributed by atoms with E-state index in [-0.39, 0.29) is 11.3 Å². The van der Waals surface area contributed by atoms with Crippen molar-refractivity contribution in [3.05, 3.63) is 42.2 Å². The van der Waals surface area contributed by atoms with Crippen molar-refractivity contribution >= 4 is 0 Å². The Kier molecular flexibility index (Phi) is 2.43. The third kappa shape index (κ3) is 1.44. The first-order valence-corrected chi connectivity index (χ1v) is 3.39. The highest BCUT2D eigenvalue weighted by Gasteiger charge is 2.10. The van der Waals surface area contributed by atoms with E-state index in [0.717, 1.165) is 6.26 Å². The van der Waals surface area contributed by atoms with Crippen molar-refractivity contribution in [3.8, 4) is 5.75 Å². The maximum Gasteiger partial charge on any atom is 0.201 e.